The molecule has 9 heavy (non-hydrogen) atoms. The van der Waals surface area contributed by atoms with E-state index in [4.69, 9.17) is 14.7 Å². The molecule has 0 aromatic rings. The summed E-state index contributed by atoms with van der Waals surface area (Å²) in [5.74, 6) is -0.833. The van der Waals surface area contributed by atoms with Gasteiger partial charge in [-0.3, -0.25) is 11.1 Å². The molecule has 0 rings (SSSR count). The first-order chi connectivity index (χ1) is 3.15. The molecular formula is C4H9O4Pd-. The van der Waals surface area contributed by atoms with Gasteiger partial charge in [0.15, 0.2) is 0 Å². The SMILES string of the molecule is CC(=O)O.C[C-]=O.O.[Pd]. The van der Waals surface area contributed by atoms with Crippen LogP contribution in [0.15, 0.2) is 0 Å². The van der Waals surface area contributed by atoms with Crippen molar-refractivity contribution < 1.29 is 40.6 Å². The van der Waals surface area contributed by atoms with Crippen molar-refractivity contribution in [1.29, 1.82) is 0 Å². The van der Waals surface area contributed by atoms with Crippen LogP contribution in [0.4, 0.5) is 0 Å². The number of carbonyl (C=O) groups is 1. The fourth-order valence-corrected chi connectivity index (χ4v) is 0. The Morgan fingerprint density at radius 2 is 1.56 bits per heavy atom. The van der Waals surface area contributed by atoms with E-state index in [9.17, 15) is 0 Å². The number of aliphatic carboxylic acids is 1. The van der Waals surface area contributed by atoms with Crippen LogP contribution in [-0.4, -0.2) is 22.8 Å². The van der Waals surface area contributed by atoms with E-state index in [1.54, 1.807) is 0 Å². The minimum Gasteiger partial charge on any atom is -0.542 e. The van der Waals surface area contributed by atoms with Gasteiger partial charge < -0.3 is 15.4 Å². The van der Waals surface area contributed by atoms with Crippen LogP contribution in [0.3, 0.4) is 0 Å². The molecule has 0 heterocycles. The second-order valence-electron chi connectivity index (χ2n) is 0.723. The Labute approximate surface area is 67.2 Å². The normalized spacial score (nSPS) is 4.22. The summed E-state index contributed by atoms with van der Waals surface area (Å²) >= 11 is 0. The zero-order valence-electron chi connectivity index (χ0n) is 5.08. The number of hydrogen-bond acceptors (Lipinski definition) is 2. The van der Waals surface area contributed by atoms with E-state index >= 15 is 0 Å². The van der Waals surface area contributed by atoms with Crippen molar-refractivity contribution in [3.05, 3.63) is 0 Å². The Kier molecular flexibility index (Phi) is 64.9. The van der Waals surface area contributed by atoms with Gasteiger partial charge in [0, 0.05) is 27.3 Å². The summed E-state index contributed by atoms with van der Waals surface area (Å²) in [5, 5.41) is 7.42. The largest absolute Gasteiger partial charge is 0.542 e. The molecule has 0 atom stereocenters. The number of rotatable bonds is 0. The van der Waals surface area contributed by atoms with Crippen molar-refractivity contribution in [2.24, 2.45) is 0 Å². The van der Waals surface area contributed by atoms with Crippen molar-refractivity contribution in [2.75, 3.05) is 0 Å². The third-order valence-electron chi connectivity index (χ3n) is 0. The van der Waals surface area contributed by atoms with E-state index in [0.717, 1.165) is 6.92 Å². The maximum absolute atomic E-state index is 9.00. The van der Waals surface area contributed by atoms with Crippen molar-refractivity contribution in [2.45, 2.75) is 13.8 Å². The molecular weight excluding hydrogens is 218 g/mol. The summed E-state index contributed by atoms with van der Waals surface area (Å²) in [6, 6.07) is 0. The predicted octanol–water partition coefficient (Wildman–Crippen LogP) is -0.620. The van der Waals surface area contributed by atoms with Gasteiger partial charge in [-0.1, -0.05) is 0 Å². The first-order valence-electron chi connectivity index (χ1n) is 1.63. The number of carboxylic acid groups (broad SMARTS) is 1. The van der Waals surface area contributed by atoms with E-state index in [2.05, 4.69) is 0 Å². The second-order valence-corrected chi connectivity index (χ2v) is 0.723. The van der Waals surface area contributed by atoms with E-state index in [-0.39, 0.29) is 25.9 Å². The Bertz CT molecular complexity index is 59.6. The summed E-state index contributed by atoms with van der Waals surface area (Å²) in [6.45, 7) is 2.40. The predicted molar refractivity (Wildman–Crippen MR) is 28.3 cm³/mol. The Morgan fingerprint density at radius 1 is 1.56 bits per heavy atom. The molecule has 4 nitrogen and oxygen atoms in total. The Morgan fingerprint density at radius 3 is 1.56 bits per heavy atom. The summed E-state index contributed by atoms with van der Waals surface area (Å²) in [7, 11) is 0. The van der Waals surface area contributed by atoms with Gasteiger partial charge in [-0.2, -0.15) is 6.92 Å². The average Bonchev–Trinajstić information content (AvgIpc) is 1.33. The quantitative estimate of drug-likeness (QED) is 0.442. The summed E-state index contributed by atoms with van der Waals surface area (Å²) in [6.07, 6.45) is 1.50. The monoisotopic (exact) mass is 227 g/mol. The number of hydrogen-bond donors (Lipinski definition) is 1. The first kappa shape index (κ1) is 23.3. The van der Waals surface area contributed by atoms with Gasteiger partial charge in [0.05, 0.1) is 0 Å². The molecule has 0 aliphatic carbocycles. The van der Waals surface area contributed by atoms with Gasteiger partial charge in [-0.15, -0.1) is 0 Å². The van der Waals surface area contributed by atoms with Crippen LogP contribution in [0, 0.1) is 0 Å². The zero-order chi connectivity index (χ0) is 6.28. The van der Waals surface area contributed by atoms with E-state index in [0.29, 0.717) is 0 Å². The fraction of sp³-hybridized carbons (Fsp3) is 0.500. The van der Waals surface area contributed by atoms with Crippen LogP contribution in [-0.2, 0) is 30.0 Å². The molecule has 0 saturated heterocycles. The van der Waals surface area contributed by atoms with Gasteiger partial charge in [0.25, 0.3) is 5.97 Å². The van der Waals surface area contributed by atoms with Crippen LogP contribution < -0.4 is 0 Å². The molecule has 0 bridgehead atoms. The van der Waals surface area contributed by atoms with Crippen LogP contribution >= 0.6 is 0 Å². The zero-order valence-corrected chi connectivity index (χ0v) is 6.63. The van der Waals surface area contributed by atoms with Crippen molar-refractivity contribution in [3.8, 4) is 0 Å². The van der Waals surface area contributed by atoms with Crippen LogP contribution in [0.5, 0.6) is 0 Å². The van der Waals surface area contributed by atoms with Crippen LogP contribution in [0.25, 0.3) is 0 Å². The molecule has 60 valence electrons. The molecule has 0 saturated carbocycles. The number of carboxylic acids is 1. The second kappa shape index (κ2) is 25.1. The van der Waals surface area contributed by atoms with Crippen LogP contribution in [0.2, 0.25) is 0 Å². The van der Waals surface area contributed by atoms with Gasteiger partial charge in [-0.05, 0) is 0 Å². The topological polar surface area (TPSA) is 85.9 Å². The molecule has 0 fully saturated rings. The summed E-state index contributed by atoms with van der Waals surface area (Å²) in [5.41, 5.74) is 0. The Hall–Kier alpha value is -0.238. The first-order valence-corrected chi connectivity index (χ1v) is 1.63. The van der Waals surface area contributed by atoms with E-state index in [1.807, 2.05) is 0 Å². The molecule has 0 aliphatic heterocycles. The van der Waals surface area contributed by atoms with Gasteiger partial charge in [-0.25, -0.2) is 0 Å². The third-order valence-corrected chi connectivity index (χ3v) is 0. The molecule has 5 heteroatoms. The standard InChI is InChI=1S/C2H4O2.C2H3O.H2O.Pd/c1-2(3)4;1-2-3;;/h1H3,(H,3,4);1H3;1H2;/q;-1;;. The van der Waals surface area contributed by atoms with Gasteiger partial charge in [0.1, 0.15) is 0 Å². The van der Waals surface area contributed by atoms with Crippen molar-refractivity contribution in [3.63, 3.8) is 0 Å². The maximum atomic E-state index is 9.00. The summed E-state index contributed by atoms with van der Waals surface area (Å²) in [4.78, 5) is 17.7. The molecule has 0 aromatic carbocycles. The Balaban J connectivity index is -0.0000000233. The van der Waals surface area contributed by atoms with Crippen molar-refractivity contribution >= 4 is 12.3 Å². The molecule has 0 unspecified atom stereocenters. The molecule has 3 N–H and O–H groups in total. The molecule has 0 aliphatic rings. The fourth-order valence-electron chi connectivity index (χ4n) is 0. The minimum absolute atomic E-state index is 0. The van der Waals surface area contributed by atoms with Gasteiger partial charge >= 0.3 is 0 Å². The maximum Gasteiger partial charge on any atom is 0.300 e. The van der Waals surface area contributed by atoms with Gasteiger partial charge in [0.2, 0.25) is 0 Å². The molecule has 0 aromatic heterocycles. The average molecular weight is 228 g/mol. The number of carbonyl (C=O) groups excluding carboxylic acids is 1. The third kappa shape index (κ3) is 4560. The molecule has 0 radical (unpaired) electrons. The van der Waals surface area contributed by atoms with E-state index in [1.165, 1.54) is 13.2 Å². The van der Waals surface area contributed by atoms with Crippen LogP contribution in [0.1, 0.15) is 13.8 Å². The van der Waals surface area contributed by atoms with E-state index < -0.39 is 5.97 Å². The van der Waals surface area contributed by atoms with Crippen molar-refractivity contribution in [1.82, 2.24) is 0 Å². The minimum atomic E-state index is -0.833. The summed E-state index contributed by atoms with van der Waals surface area (Å²) < 4.78 is 0. The smallest absolute Gasteiger partial charge is 0.300 e. The molecule has 0 spiro atoms. The molecule has 0 amide bonds.